The Morgan fingerprint density at radius 1 is 1.32 bits per heavy atom. The first-order chi connectivity index (χ1) is 8.75. The van der Waals surface area contributed by atoms with Crippen LogP contribution in [0.3, 0.4) is 0 Å². The molecule has 0 saturated heterocycles. The zero-order chi connectivity index (χ0) is 14.8. The van der Waals surface area contributed by atoms with Crippen molar-refractivity contribution in [1.29, 1.82) is 0 Å². The molecule has 0 aliphatic carbocycles. The zero-order valence-electron chi connectivity index (χ0n) is 12.1. The van der Waals surface area contributed by atoms with E-state index in [9.17, 15) is 8.42 Å². The molecule has 0 heterocycles. The van der Waals surface area contributed by atoms with Gasteiger partial charge in [-0.2, -0.15) is 4.31 Å². The van der Waals surface area contributed by atoms with Crippen molar-refractivity contribution in [2.75, 3.05) is 20.7 Å². The summed E-state index contributed by atoms with van der Waals surface area (Å²) in [6.45, 7) is 5.72. The highest BCUT2D eigenvalue weighted by molar-refractivity contribution is 7.89. The molecule has 0 spiro atoms. The number of rotatable bonds is 5. The van der Waals surface area contributed by atoms with E-state index in [0.29, 0.717) is 5.75 Å². The lowest BCUT2D eigenvalue weighted by Crippen LogP contribution is -2.39. The molecule has 0 fully saturated rings. The molecule has 2 N–H and O–H groups in total. The van der Waals surface area contributed by atoms with Crippen LogP contribution in [0.1, 0.15) is 18.1 Å². The van der Waals surface area contributed by atoms with Gasteiger partial charge in [-0.3, -0.25) is 0 Å². The summed E-state index contributed by atoms with van der Waals surface area (Å²) in [6.07, 6.45) is 0. The number of ether oxygens (including phenoxy) is 1. The average molecular weight is 286 g/mol. The number of hydrogen-bond donors (Lipinski definition) is 1. The summed E-state index contributed by atoms with van der Waals surface area (Å²) in [6, 6.07) is 3.01. The standard InChI is InChI=1S/C13H22N2O3S/c1-9-6-12(7-10(2)13(9)18-5)19(16,17)15(4)11(3)8-14/h6-7,11H,8,14H2,1-5H3. The largest absolute Gasteiger partial charge is 0.496 e. The molecule has 0 amide bonds. The number of benzene rings is 1. The van der Waals surface area contributed by atoms with Crippen LogP contribution in [0.4, 0.5) is 0 Å². The lowest BCUT2D eigenvalue weighted by atomic mass is 10.1. The van der Waals surface area contributed by atoms with E-state index in [1.165, 1.54) is 4.31 Å². The SMILES string of the molecule is COc1c(C)cc(S(=O)(=O)N(C)C(C)CN)cc1C. The van der Waals surface area contributed by atoms with E-state index >= 15 is 0 Å². The fraction of sp³-hybridized carbons (Fsp3) is 0.538. The van der Waals surface area contributed by atoms with Crippen LogP contribution in [0.15, 0.2) is 17.0 Å². The Bertz CT molecular complexity index is 532. The van der Waals surface area contributed by atoms with Crippen LogP contribution >= 0.6 is 0 Å². The number of nitrogens with two attached hydrogens (primary N) is 1. The van der Waals surface area contributed by atoms with Gasteiger partial charge in [0.1, 0.15) is 5.75 Å². The van der Waals surface area contributed by atoms with E-state index in [0.717, 1.165) is 11.1 Å². The minimum absolute atomic E-state index is 0.243. The van der Waals surface area contributed by atoms with E-state index in [1.807, 2.05) is 13.8 Å². The van der Waals surface area contributed by atoms with Gasteiger partial charge in [0.15, 0.2) is 0 Å². The lowest BCUT2D eigenvalue weighted by Gasteiger charge is -2.23. The number of methoxy groups -OCH3 is 1. The van der Waals surface area contributed by atoms with Gasteiger partial charge in [-0.15, -0.1) is 0 Å². The van der Waals surface area contributed by atoms with Crippen LogP contribution in [0.25, 0.3) is 0 Å². The Morgan fingerprint density at radius 3 is 2.16 bits per heavy atom. The summed E-state index contributed by atoms with van der Waals surface area (Å²) in [7, 11) is -0.404. The fourth-order valence-corrected chi connectivity index (χ4v) is 3.48. The molecule has 0 aromatic heterocycles. The summed E-state index contributed by atoms with van der Waals surface area (Å²) >= 11 is 0. The van der Waals surface area contributed by atoms with Gasteiger partial charge >= 0.3 is 0 Å². The van der Waals surface area contributed by atoms with Crippen molar-refractivity contribution >= 4 is 10.0 Å². The van der Waals surface area contributed by atoms with Crippen molar-refractivity contribution in [3.63, 3.8) is 0 Å². The maximum atomic E-state index is 12.5. The summed E-state index contributed by atoms with van der Waals surface area (Å²) < 4.78 is 31.5. The van der Waals surface area contributed by atoms with E-state index in [1.54, 1.807) is 33.2 Å². The molecular weight excluding hydrogens is 264 g/mol. The minimum Gasteiger partial charge on any atom is -0.496 e. The molecule has 1 rings (SSSR count). The number of aryl methyl sites for hydroxylation is 2. The molecule has 108 valence electrons. The van der Waals surface area contributed by atoms with Crippen molar-refractivity contribution < 1.29 is 13.2 Å². The molecule has 6 heteroatoms. The monoisotopic (exact) mass is 286 g/mol. The topological polar surface area (TPSA) is 72.6 Å². The summed E-state index contributed by atoms with van der Waals surface area (Å²) in [4.78, 5) is 0.270. The maximum Gasteiger partial charge on any atom is 0.243 e. The predicted molar refractivity (Wildman–Crippen MR) is 75.9 cm³/mol. The third-order valence-corrected chi connectivity index (χ3v) is 5.23. The average Bonchev–Trinajstić information content (AvgIpc) is 2.36. The molecular formula is C13H22N2O3S. The number of sulfonamides is 1. The summed E-state index contributed by atoms with van der Waals surface area (Å²) in [5.74, 6) is 0.716. The normalized spacial score (nSPS) is 13.6. The van der Waals surface area contributed by atoms with E-state index in [-0.39, 0.29) is 17.5 Å². The third kappa shape index (κ3) is 3.08. The second-order valence-corrected chi connectivity index (χ2v) is 6.69. The number of nitrogens with zero attached hydrogens (tertiary/aromatic N) is 1. The Morgan fingerprint density at radius 2 is 1.79 bits per heavy atom. The van der Waals surface area contributed by atoms with Gasteiger partial charge < -0.3 is 10.5 Å². The molecule has 0 aliphatic heterocycles. The fourth-order valence-electron chi connectivity index (χ4n) is 1.93. The first-order valence-corrected chi connectivity index (χ1v) is 7.53. The van der Waals surface area contributed by atoms with Crippen LogP contribution in [-0.4, -0.2) is 39.5 Å². The highest BCUT2D eigenvalue weighted by atomic mass is 32.2. The molecule has 5 nitrogen and oxygen atoms in total. The van der Waals surface area contributed by atoms with Crippen molar-refractivity contribution in [3.8, 4) is 5.75 Å². The summed E-state index contributed by atoms with van der Waals surface area (Å²) in [5.41, 5.74) is 7.13. The maximum absolute atomic E-state index is 12.5. The molecule has 1 aromatic carbocycles. The zero-order valence-corrected chi connectivity index (χ0v) is 12.9. The van der Waals surface area contributed by atoms with Gasteiger partial charge in [0.25, 0.3) is 0 Å². The van der Waals surface area contributed by atoms with Crippen LogP contribution in [0.5, 0.6) is 5.75 Å². The molecule has 0 bridgehead atoms. The minimum atomic E-state index is -3.52. The first-order valence-electron chi connectivity index (χ1n) is 6.09. The van der Waals surface area contributed by atoms with Crippen LogP contribution in [0, 0.1) is 13.8 Å². The van der Waals surface area contributed by atoms with Gasteiger partial charge in [0.2, 0.25) is 10.0 Å². The predicted octanol–water partition coefficient (Wildman–Crippen LogP) is 1.28. The van der Waals surface area contributed by atoms with Gasteiger partial charge in [-0.1, -0.05) is 0 Å². The highest BCUT2D eigenvalue weighted by Gasteiger charge is 2.25. The van der Waals surface area contributed by atoms with E-state index in [4.69, 9.17) is 10.5 Å². The molecule has 1 atom stereocenters. The molecule has 1 aromatic rings. The Labute approximate surface area is 115 Å². The second kappa shape index (κ2) is 5.90. The van der Waals surface area contributed by atoms with Gasteiger partial charge in [0.05, 0.1) is 12.0 Å². The van der Waals surface area contributed by atoms with Gasteiger partial charge in [-0.25, -0.2) is 8.42 Å². The van der Waals surface area contributed by atoms with E-state index < -0.39 is 10.0 Å². The second-order valence-electron chi connectivity index (χ2n) is 4.70. The molecule has 0 radical (unpaired) electrons. The van der Waals surface area contributed by atoms with E-state index in [2.05, 4.69) is 0 Å². The van der Waals surface area contributed by atoms with Gasteiger partial charge in [0, 0.05) is 19.6 Å². The Kier molecular flexibility index (Phi) is 4.95. The quantitative estimate of drug-likeness (QED) is 0.885. The van der Waals surface area contributed by atoms with Crippen LogP contribution < -0.4 is 10.5 Å². The van der Waals surface area contributed by atoms with Crippen molar-refractivity contribution in [2.45, 2.75) is 31.7 Å². The summed E-state index contributed by atoms with van der Waals surface area (Å²) in [5, 5.41) is 0. The van der Waals surface area contributed by atoms with Gasteiger partial charge in [-0.05, 0) is 44.0 Å². The molecule has 19 heavy (non-hydrogen) atoms. The van der Waals surface area contributed by atoms with Crippen molar-refractivity contribution in [1.82, 2.24) is 4.31 Å². The lowest BCUT2D eigenvalue weighted by molar-refractivity contribution is 0.393. The number of likely N-dealkylation sites (N-methyl/N-ethyl adjacent to an activating group) is 1. The molecule has 0 saturated carbocycles. The van der Waals surface area contributed by atoms with Crippen molar-refractivity contribution in [2.24, 2.45) is 5.73 Å². The Balaban J connectivity index is 3.31. The first kappa shape index (κ1) is 15.9. The smallest absolute Gasteiger partial charge is 0.243 e. The Hall–Kier alpha value is -1.11. The van der Waals surface area contributed by atoms with Crippen LogP contribution in [-0.2, 0) is 10.0 Å². The molecule has 1 unspecified atom stereocenters. The number of hydrogen-bond acceptors (Lipinski definition) is 4. The molecule has 0 aliphatic rings. The third-order valence-electron chi connectivity index (χ3n) is 3.28. The highest BCUT2D eigenvalue weighted by Crippen LogP contribution is 2.28. The van der Waals surface area contributed by atoms with Crippen molar-refractivity contribution in [3.05, 3.63) is 23.3 Å². The van der Waals surface area contributed by atoms with Crippen LogP contribution in [0.2, 0.25) is 0 Å².